The fourth-order valence-corrected chi connectivity index (χ4v) is 4.72. The Morgan fingerprint density at radius 3 is 1.93 bits per heavy atom. The van der Waals surface area contributed by atoms with Crippen molar-refractivity contribution in [3.63, 3.8) is 0 Å². The van der Waals surface area contributed by atoms with Crippen LogP contribution < -0.4 is 0 Å². The summed E-state index contributed by atoms with van der Waals surface area (Å²) < 4.78 is 115. The fraction of sp³-hybridized carbons (Fsp3) is 0.0909. The van der Waals surface area contributed by atoms with Gasteiger partial charge in [-0.3, -0.25) is 0 Å². The molecule has 206 valence electrons. The Bertz CT molecular complexity index is 1910. The molecule has 0 bridgehead atoms. The SMILES string of the molecule is CCc1cc(-c2c(F)cc3cc(C)cc(F)c3c2F)cc(F)c1C#Cc1ccc(-c2cc(F)c(F)c(F)c2)c(F)c1. The summed E-state index contributed by atoms with van der Waals surface area (Å²) in [5.41, 5.74) is -0.373. The molecule has 8 heteroatoms. The first-order valence-corrected chi connectivity index (χ1v) is 12.4. The van der Waals surface area contributed by atoms with Crippen LogP contribution in [0.25, 0.3) is 33.0 Å². The van der Waals surface area contributed by atoms with Crippen LogP contribution in [0, 0.1) is 65.3 Å². The second-order valence-corrected chi connectivity index (χ2v) is 9.44. The summed E-state index contributed by atoms with van der Waals surface area (Å²) in [5.74, 6) is -4.23. The molecule has 0 aromatic heterocycles. The Hall–Kier alpha value is -4.64. The molecule has 0 spiro atoms. The summed E-state index contributed by atoms with van der Waals surface area (Å²) in [5, 5.41) is -0.376. The zero-order valence-corrected chi connectivity index (χ0v) is 21.5. The van der Waals surface area contributed by atoms with Crippen molar-refractivity contribution < 1.29 is 35.1 Å². The molecule has 5 rings (SSSR count). The maximum absolute atomic E-state index is 15.4. The highest BCUT2D eigenvalue weighted by Gasteiger charge is 2.21. The fourth-order valence-electron chi connectivity index (χ4n) is 4.72. The second-order valence-electron chi connectivity index (χ2n) is 9.44. The summed E-state index contributed by atoms with van der Waals surface area (Å²) >= 11 is 0. The monoisotopic (exact) mass is 566 g/mol. The van der Waals surface area contributed by atoms with Crippen LogP contribution in [-0.4, -0.2) is 0 Å². The molecule has 5 aromatic rings. The molecule has 0 aliphatic carbocycles. The highest BCUT2D eigenvalue weighted by molar-refractivity contribution is 5.90. The van der Waals surface area contributed by atoms with Gasteiger partial charge in [-0.25, -0.2) is 35.1 Å². The molecule has 0 saturated carbocycles. The lowest BCUT2D eigenvalue weighted by molar-refractivity contribution is 0.447. The van der Waals surface area contributed by atoms with Crippen LogP contribution in [0.1, 0.15) is 29.2 Å². The molecule has 0 aliphatic heterocycles. The summed E-state index contributed by atoms with van der Waals surface area (Å²) in [6.45, 7) is 3.26. The van der Waals surface area contributed by atoms with Gasteiger partial charge < -0.3 is 0 Å². The van der Waals surface area contributed by atoms with Crippen LogP contribution in [-0.2, 0) is 6.42 Å². The first-order valence-electron chi connectivity index (χ1n) is 12.4. The number of halogens is 8. The molecule has 0 radical (unpaired) electrons. The molecular weight excluding hydrogens is 548 g/mol. The average molecular weight is 566 g/mol. The molecular formula is C33H18F8. The van der Waals surface area contributed by atoms with E-state index >= 15 is 13.2 Å². The quantitative estimate of drug-likeness (QED) is 0.116. The van der Waals surface area contributed by atoms with Crippen molar-refractivity contribution in [1.29, 1.82) is 0 Å². The molecule has 0 atom stereocenters. The molecule has 0 fully saturated rings. The zero-order valence-electron chi connectivity index (χ0n) is 21.5. The minimum atomic E-state index is -1.68. The van der Waals surface area contributed by atoms with Gasteiger partial charge in [0.1, 0.15) is 29.1 Å². The zero-order chi connectivity index (χ0) is 29.6. The molecule has 0 nitrogen and oxygen atoms in total. The highest BCUT2D eigenvalue weighted by Crippen LogP contribution is 2.35. The van der Waals surface area contributed by atoms with Crippen molar-refractivity contribution >= 4 is 10.8 Å². The van der Waals surface area contributed by atoms with Gasteiger partial charge in [-0.05, 0) is 89.5 Å². The van der Waals surface area contributed by atoms with Gasteiger partial charge in [0.2, 0.25) is 0 Å². The summed E-state index contributed by atoms with van der Waals surface area (Å²) in [6, 6.07) is 10.6. The Morgan fingerprint density at radius 1 is 0.585 bits per heavy atom. The normalized spacial score (nSPS) is 11.1. The van der Waals surface area contributed by atoms with Crippen molar-refractivity contribution in [2.24, 2.45) is 0 Å². The molecule has 0 saturated heterocycles. The lowest BCUT2D eigenvalue weighted by Crippen LogP contribution is -1.99. The third kappa shape index (κ3) is 5.16. The van der Waals surface area contributed by atoms with E-state index in [0.29, 0.717) is 23.3 Å². The minimum absolute atomic E-state index is 0.0351. The molecule has 0 N–H and O–H groups in total. The predicted molar refractivity (Wildman–Crippen MR) is 141 cm³/mol. The van der Waals surface area contributed by atoms with Crippen molar-refractivity contribution in [1.82, 2.24) is 0 Å². The topological polar surface area (TPSA) is 0 Å². The van der Waals surface area contributed by atoms with E-state index in [2.05, 4.69) is 11.8 Å². The predicted octanol–water partition coefficient (Wildman–Crippen LogP) is 9.56. The molecule has 0 heterocycles. The largest absolute Gasteiger partial charge is 0.206 e. The van der Waals surface area contributed by atoms with Crippen molar-refractivity contribution in [2.45, 2.75) is 20.3 Å². The van der Waals surface area contributed by atoms with Gasteiger partial charge in [0, 0.05) is 11.1 Å². The van der Waals surface area contributed by atoms with Crippen molar-refractivity contribution in [3.05, 3.63) is 129 Å². The van der Waals surface area contributed by atoms with Gasteiger partial charge in [0.15, 0.2) is 17.5 Å². The second kappa shape index (κ2) is 10.7. The van der Waals surface area contributed by atoms with Crippen LogP contribution >= 0.6 is 0 Å². The third-order valence-electron chi connectivity index (χ3n) is 6.66. The molecule has 41 heavy (non-hydrogen) atoms. The molecule has 0 amide bonds. The van der Waals surface area contributed by atoms with Crippen molar-refractivity contribution in [2.75, 3.05) is 0 Å². The first kappa shape index (κ1) is 27.9. The van der Waals surface area contributed by atoms with Crippen LogP contribution in [0.5, 0.6) is 0 Å². The van der Waals surface area contributed by atoms with E-state index in [1.54, 1.807) is 13.8 Å². The first-order chi connectivity index (χ1) is 19.5. The number of fused-ring (bicyclic) bond motifs is 1. The molecule has 0 unspecified atom stereocenters. The van der Waals surface area contributed by atoms with Crippen LogP contribution in [0.3, 0.4) is 0 Å². The van der Waals surface area contributed by atoms with Crippen LogP contribution in [0.15, 0.2) is 60.7 Å². The van der Waals surface area contributed by atoms with Gasteiger partial charge in [-0.15, -0.1) is 0 Å². The van der Waals surface area contributed by atoms with E-state index in [1.165, 1.54) is 24.3 Å². The highest BCUT2D eigenvalue weighted by atomic mass is 19.2. The standard InChI is InChI=1S/C33H18F8/c1-3-18-11-21(31-27(37)15-20-8-16(2)9-26(36)30(20)33(31)41)14-25(35)22(18)6-4-17-5-7-23(24(34)10-17)19-12-28(38)32(40)29(39)13-19/h5,7-15H,3H2,1-2H3. The lowest BCUT2D eigenvalue weighted by atomic mass is 9.94. The van der Waals surface area contributed by atoms with Gasteiger partial charge in [0.25, 0.3) is 0 Å². The van der Waals surface area contributed by atoms with Gasteiger partial charge >= 0.3 is 0 Å². The van der Waals surface area contributed by atoms with E-state index in [0.717, 1.165) is 24.3 Å². The Morgan fingerprint density at radius 2 is 1.27 bits per heavy atom. The van der Waals surface area contributed by atoms with E-state index in [4.69, 9.17) is 0 Å². The Labute approximate surface area is 229 Å². The minimum Gasteiger partial charge on any atom is -0.206 e. The smallest absolute Gasteiger partial charge is 0.194 e. The Balaban J connectivity index is 1.54. The molecule has 0 aliphatic rings. The number of aryl methyl sites for hydroxylation is 2. The van der Waals surface area contributed by atoms with Crippen LogP contribution in [0.4, 0.5) is 35.1 Å². The van der Waals surface area contributed by atoms with E-state index < -0.39 is 57.5 Å². The average Bonchev–Trinajstić information content (AvgIpc) is 2.90. The summed E-state index contributed by atoms with van der Waals surface area (Å²) in [4.78, 5) is 0. The van der Waals surface area contributed by atoms with E-state index in [-0.39, 0.29) is 39.6 Å². The third-order valence-corrected chi connectivity index (χ3v) is 6.66. The van der Waals surface area contributed by atoms with E-state index in [9.17, 15) is 22.0 Å². The number of hydrogen-bond acceptors (Lipinski definition) is 0. The number of benzene rings is 5. The maximum atomic E-state index is 15.4. The van der Waals surface area contributed by atoms with Gasteiger partial charge in [0.05, 0.1) is 16.5 Å². The Kier molecular flexibility index (Phi) is 7.31. The van der Waals surface area contributed by atoms with Gasteiger partial charge in [-0.1, -0.05) is 30.9 Å². The summed E-state index contributed by atoms with van der Waals surface area (Å²) in [7, 11) is 0. The van der Waals surface area contributed by atoms with Crippen LogP contribution in [0.2, 0.25) is 0 Å². The van der Waals surface area contributed by atoms with Crippen molar-refractivity contribution in [3.8, 4) is 34.1 Å². The number of rotatable bonds is 3. The number of hydrogen-bond donors (Lipinski definition) is 0. The van der Waals surface area contributed by atoms with Gasteiger partial charge in [-0.2, -0.15) is 0 Å². The summed E-state index contributed by atoms with van der Waals surface area (Å²) in [6.07, 6.45) is 0.216. The maximum Gasteiger partial charge on any atom is 0.194 e. The lowest BCUT2D eigenvalue weighted by Gasteiger charge is -2.13. The van der Waals surface area contributed by atoms with E-state index in [1.807, 2.05) is 0 Å². The molecule has 5 aromatic carbocycles.